The summed E-state index contributed by atoms with van der Waals surface area (Å²) >= 11 is 0. The van der Waals surface area contributed by atoms with Crippen LogP contribution in [-0.2, 0) is 4.74 Å². The highest BCUT2D eigenvalue weighted by molar-refractivity contribution is 5.89. The molecule has 1 aliphatic rings. The van der Waals surface area contributed by atoms with E-state index in [9.17, 15) is 4.79 Å². The fraction of sp³-hybridized carbons (Fsp3) is 0.781. The second-order valence-electron chi connectivity index (χ2n) is 10.9. The first-order valence-corrected chi connectivity index (χ1v) is 15.1. The maximum Gasteiger partial charge on any atom is 0.338 e. The van der Waals surface area contributed by atoms with Gasteiger partial charge in [0.05, 0.1) is 18.3 Å². The van der Waals surface area contributed by atoms with Gasteiger partial charge >= 0.3 is 5.97 Å². The maximum atomic E-state index is 12.4. The molecule has 0 aromatic heterocycles. The molecule has 3 atom stereocenters. The number of rotatable bonds is 19. The number of unbranched alkanes of at least 4 members (excludes halogenated alkanes) is 8. The minimum absolute atomic E-state index is 0.0278. The molecule has 1 aromatic carbocycles. The van der Waals surface area contributed by atoms with Crippen LogP contribution in [0.25, 0.3) is 0 Å². The van der Waals surface area contributed by atoms with Gasteiger partial charge in [-0.3, -0.25) is 0 Å². The molecular formula is C32H54O3. The second-order valence-corrected chi connectivity index (χ2v) is 10.9. The number of carbonyl (C=O) groups excluding carboxylic acids is 1. The van der Waals surface area contributed by atoms with E-state index in [1.165, 1.54) is 96.3 Å². The lowest BCUT2D eigenvalue weighted by atomic mass is 9.74. The van der Waals surface area contributed by atoms with E-state index in [2.05, 4.69) is 13.8 Å². The topological polar surface area (TPSA) is 35.5 Å². The molecule has 0 amide bonds. The molecule has 1 aromatic rings. The molecule has 3 unspecified atom stereocenters. The van der Waals surface area contributed by atoms with Gasteiger partial charge in [-0.2, -0.15) is 0 Å². The van der Waals surface area contributed by atoms with Gasteiger partial charge in [0.15, 0.2) is 0 Å². The van der Waals surface area contributed by atoms with E-state index in [-0.39, 0.29) is 12.1 Å². The summed E-state index contributed by atoms with van der Waals surface area (Å²) in [4.78, 5) is 12.4. The number of hydrogen-bond acceptors (Lipinski definition) is 3. The van der Waals surface area contributed by atoms with E-state index >= 15 is 0 Å². The Bertz CT molecular complexity index is 653. The van der Waals surface area contributed by atoms with Gasteiger partial charge in [0, 0.05) is 0 Å². The predicted molar refractivity (Wildman–Crippen MR) is 148 cm³/mol. The quantitative estimate of drug-likeness (QED) is 0.144. The molecular weight excluding hydrogens is 432 g/mol. The van der Waals surface area contributed by atoms with Crippen LogP contribution in [0.3, 0.4) is 0 Å². The summed E-state index contributed by atoms with van der Waals surface area (Å²) in [6.07, 6.45) is 23.7. The van der Waals surface area contributed by atoms with E-state index in [0.717, 1.165) is 43.5 Å². The lowest BCUT2D eigenvalue weighted by Gasteiger charge is -2.32. The lowest BCUT2D eigenvalue weighted by Crippen LogP contribution is -2.20. The molecule has 0 heterocycles. The van der Waals surface area contributed by atoms with E-state index < -0.39 is 0 Å². The number of hydrogen-bond donors (Lipinski definition) is 0. The predicted octanol–water partition coefficient (Wildman–Crippen LogP) is 9.92. The highest BCUT2D eigenvalue weighted by Crippen LogP contribution is 2.36. The summed E-state index contributed by atoms with van der Waals surface area (Å²) in [6.45, 7) is 7.26. The van der Waals surface area contributed by atoms with Gasteiger partial charge in [-0.05, 0) is 68.7 Å². The van der Waals surface area contributed by atoms with Gasteiger partial charge in [0.2, 0.25) is 0 Å². The molecule has 1 aliphatic carbocycles. The molecule has 0 saturated heterocycles. The third-order valence-corrected chi connectivity index (χ3v) is 7.85. The first-order valence-electron chi connectivity index (χ1n) is 15.1. The Morgan fingerprint density at radius 3 is 2.03 bits per heavy atom. The third kappa shape index (κ3) is 12.8. The van der Waals surface area contributed by atoms with Crippen LogP contribution in [0.2, 0.25) is 0 Å². The molecule has 3 nitrogen and oxygen atoms in total. The second kappa shape index (κ2) is 18.7. The van der Waals surface area contributed by atoms with E-state index in [0.29, 0.717) is 5.56 Å². The van der Waals surface area contributed by atoms with Crippen molar-refractivity contribution in [3.8, 4) is 5.75 Å². The number of ether oxygens (including phenoxy) is 2. The van der Waals surface area contributed by atoms with Crippen molar-refractivity contribution in [1.29, 1.82) is 0 Å². The number of carbonyl (C=O) groups is 1. The standard InChI is InChI=1S/C32H54O3/c1-4-6-8-10-11-13-18-28-19-14-15-20-29(28)21-16-26-34-31-24-22-30(23-25-31)32(33)35-27(3)17-12-9-7-5-2/h22-25,27-29H,4-21,26H2,1-3H3. The molecule has 0 aliphatic heterocycles. The molecule has 0 N–H and O–H groups in total. The molecule has 200 valence electrons. The first-order chi connectivity index (χ1) is 17.1. The fourth-order valence-electron chi connectivity index (χ4n) is 5.62. The average Bonchev–Trinajstić information content (AvgIpc) is 2.87. The molecule has 1 saturated carbocycles. The third-order valence-electron chi connectivity index (χ3n) is 7.85. The van der Waals surface area contributed by atoms with Gasteiger partial charge in [-0.15, -0.1) is 0 Å². The molecule has 0 spiro atoms. The molecule has 2 rings (SSSR count). The van der Waals surface area contributed by atoms with Gasteiger partial charge < -0.3 is 9.47 Å². The Hall–Kier alpha value is -1.51. The van der Waals surface area contributed by atoms with Crippen molar-refractivity contribution in [3.05, 3.63) is 29.8 Å². The van der Waals surface area contributed by atoms with Crippen LogP contribution in [0.4, 0.5) is 0 Å². The van der Waals surface area contributed by atoms with Crippen LogP contribution in [0.15, 0.2) is 24.3 Å². The summed E-state index contributed by atoms with van der Waals surface area (Å²) in [6, 6.07) is 7.48. The summed E-state index contributed by atoms with van der Waals surface area (Å²) in [7, 11) is 0. The van der Waals surface area contributed by atoms with Gasteiger partial charge in [-0.1, -0.05) is 104 Å². The van der Waals surface area contributed by atoms with Crippen LogP contribution in [0.1, 0.15) is 147 Å². The fourth-order valence-corrected chi connectivity index (χ4v) is 5.62. The van der Waals surface area contributed by atoms with Crippen molar-refractivity contribution in [1.82, 2.24) is 0 Å². The summed E-state index contributed by atoms with van der Waals surface area (Å²) < 4.78 is 11.6. The van der Waals surface area contributed by atoms with Crippen molar-refractivity contribution in [3.63, 3.8) is 0 Å². The molecule has 0 radical (unpaired) electrons. The van der Waals surface area contributed by atoms with E-state index in [1.54, 1.807) is 0 Å². The van der Waals surface area contributed by atoms with Crippen molar-refractivity contribution < 1.29 is 14.3 Å². The monoisotopic (exact) mass is 486 g/mol. The zero-order valence-corrected chi connectivity index (χ0v) is 23.2. The van der Waals surface area contributed by atoms with E-state index in [4.69, 9.17) is 9.47 Å². The lowest BCUT2D eigenvalue weighted by molar-refractivity contribution is 0.0319. The van der Waals surface area contributed by atoms with Gasteiger partial charge in [-0.25, -0.2) is 4.79 Å². The largest absolute Gasteiger partial charge is 0.494 e. The Morgan fingerprint density at radius 1 is 0.800 bits per heavy atom. The molecule has 1 fully saturated rings. The SMILES string of the molecule is CCCCCCCCC1CCCCC1CCCOc1ccc(C(=O)OC(C)CCCCCC)cc1. The Labute approximate surface area is 216 Å². The van der Waals surface area contributed by atoms with Crippen LogP contribution < -0.4 is 4.74 Å². The van der Waals surface area contributed by atoms with Crippen LogP contribution in [0.5, 0.6) is 5.75 Å². The average molecular weight is 487 g/mol. The van der Waals surface area contributed by atoms with Crippen molar-refractivity contribution in [2.75, 3.05) is 6.61 Å². The summed E-state index contributed by atoms with van der Waals surface area (Å²) in [5, 5.41) is 0. The maximum absolute atomic E-state index is 12.4. The summed E-state index contributed by atoms with van der Waals surface area (Å²) in [5.74, 6) is 2.45. The van der Waals surface area contributed by atoms with Crippen LogP contribution in [-0.4, -0.2) is 18.7 Å². The number of benzene rings is 1. The summed E-state index contributed by atoms with van der Waals surface area (Å²) in [5.41, 5.74) is 0.609. The van der Waals surface area contributed by atoms with E-state index in [1.807, 2.05) is 31.2 Å². The molecule has 3 heteroatoms. The molecule has 35 heavy (non-hydrogen) atoms. The van der Waals surface area contributed by atoms with Gasteiger partial charge in [0.25, 0.3) is 0 Å². The molecule has 0 bridgehead atoms. The Morgan fingerprint density at radius 2 is 1.37 bits per heavy atom. The van der Waals surface area contributed by atoms with Crippen LogP contribution >= 0.6 is 0 Å². The Balaban J connectivity index is 1.63. The smallest absolute Gasteiger partial charge is 0.338 e. The zero-order valence-electron chi connectivity index (χ0n) is 23.2. The van der Waals surface area contributed by atoms with Crippen molar-refractivity contribution >= 4 is 5.97 Å². The minimum atomic E-state index is -0.228. The first kappa shape index (κ1) is 29.7. The van der Waals surface area contributed by atoms with Gasteiger partial charge in [0.1, 0.15) is 5.75 Å². The Kier molecular flexibility index (Phi) is 15.9. The highest BCUT2D eigenvalue weighted by atomic mass is 16.5. The normalized spacial score (nSPS) is 18.8. The minimum Gasteiger partial charge on any atom is -0.494 e. The van der Waals surface area contributed by atoms with Crippen LogP contribution in [0, 0.1) is 11.8 Å². The van der Waals surface area contributed by atoms with Crippen molar-refractivity contribution in [2.24, 2.45) is 11.8 Å². The van der Waals surface area contributed by atoms with Crippen molar-refractivity contribution in [2.45, 2.75) is 142 Å². The zero-order chi connectivity index (χ0) is 25.1. The number of esters is 1. The highest BCUT2D eigenvalue weighted by Gasteiger charge is 2.24.